The second-order valence-corrected chi connectivity index (χ2v) is 7.97. The van der Waals surface area contributed by atoms with E-state index in [0.29, 0.717) is 54.2 Å². The lowest BCUT2D eigenvalue weighted by Gasteiger charge is -2.20. The molecule has 2 aromatic rings. The van der Waals surface area contributed by atoms with Crippen LogP contribution < -0.4 is 25.4 Å². The molecular formula is C24H28N4O5. The zero-order chi connectivity index (χ0) is 23.2. The van der Waals surface area contributed by atoms with Crippen molar-refractivity contribution in [2.24, 2.45) is 4.99 Å². The first-order chi connectivity index (χ1) is 16.0. The molecule has 2 heterocycles. The highest BCUT2D eigenvalue weighted by atomic mass is 16.6. The predicted molar refractivity (Wildman–Crippen MR) is 125 cm³/mol. The molecule has 9 heteroatoms. The van der Waals surface area contributed by atoms with E-state index in [1.54, 1.807) is 18.2 Å². The first-order valence-corrected chi connectivity index (χ1v) is 11.0. The Bertz CT molecular complexity index is 1060. The molecule has 0 unspecified atom stereocenters. The van der Waals surface area contributed by atoms with E-state index >= 15 is 0 Å². The Labute approximate surface area is 192 Å². The predicted octanol–water partition coefficient (Wildman–Crippen LogP) is 3.10. The van der Waals surface area contributed by atoms with Crippen LogP contribution >= 0.6 is 0 Å². The summed E-state index contributed by atoms with van der Waals surface area (Å²) in [4.78, 5) is 29.0. The molecule has 0 bridgehead atoms. The summed E-state index contributed by atoms with van der Waals surface area (Å²) >= 11 is 0. The number of aliphatic imine (C=N–C) groups is 1. The number of hydrogen-bond donors (Lipinski definition) is 3. The van der Waals surface area contributed by atoms with Crippen molar-refractivity contribution in [2.45, 2.75) is 32.8 Å². The number of guanidine groups is 1. The molecule has 1 fully saturated rings. The first-order valence-electron chi connectivity index (χ1n) is 11.0. The van der Waals surface area contributed by atoms with Gasteiger partial charge < -0.3 is 24.8 Å². The van der Waals surface area contributed by atoms with Crippen molar-refractivity contribution in [2.75, 3.05) is 37.0 Å². The number of hydrogen-bond acceptors (Lipinski definition) is 6. The number of nitrogens with one attached hydrogen (secondary N) is 3. The maximum absolute atomic E-state index is 13.0. The number of carbonyl (C=O) groups excluding carboxylic acids is 2. The van der Waals surface area contributed by atoms with Gasteiger partial charge in [0.25, 0.3) is 5.91 Å². The van der Waals surface area contributed by atoms with Crippen LogP contribution in [0, 0.1) is 6.92 Å². The third kappa shape index (κ3) is 6.01. The second-order valence-electron chi connectivity index (χ2n) is 7.97. The van der Waals surface area contributed by atoms with Gasteiger partial charge in [-0.25, -0.2) is 4.99 Å². The molecule has 2 aliphatic rings. The molecular weight excluding hydrogens is 424 g/mol. The van der Waals surface area contributed by atoms with Crippen LogP contribution in [0.25, 0.3) is 0 Å². The van der Waals surface area contributed by atoms with Gasteiger partial charge in [0.15, 0.2) is 11.5 Å². The minimum atomic E-state index is -0.349. The molecule has 2 aliphatic heterocycles. The smallest absolute Gasteiger partial charge is 0.258 e. The largest absolute Gasteiger partial charge is 0.486 e. The Morgan fingerprint density at radius 1 is 1.03 bits per heavy atom. The molecule has 2 amide bonds. The number of aryl methyl sites for hydroxylation is 1. The lowest BCUT2D eigenvalue weighted by atomic mass is 10.1. The molecule has 0 saturated carbocycles. The maximum atomic E-state index is 13.0. The Morgan fingerprint density at radius 2 is 1.85 bits per heavy atom. The van der Waals surface area contributed by atoms with Crippen LogP contribution in [0.5, 0.6) is 11.5 Å². The average Bonchev–Trinajstić information content (AvgIpc) is 3.32. The summed E-state index contributed by atoms with van der Waals surface area (Å²) < 4.78 is 16.9. The number of fused-ring (bicyclic) bond motifs is 1. The Balaban J connectivity index is 1.52. The van der Waals surface area contributed by atoms with Crippen molar-refractivity contribution in [3.05, 3.63) is 47.5 Å². The normalized spacial score (nSPS) is 17.4. The molecule has 3 N–H and O–H groups in total. The van der Waals surface area contributed by atoms with Crippen LogP contribution in [0.4, 0.5) is 11.4 Å². The van der Waals surface area contributed by atoms with Crippen molar-refractivity contribution < 1.29 is 23.8 Å². The number of benzene rings is 2. The molecule has 1 saturated heterocycles. The lowest BCUT2D eigenvalue weighted by molar-refractivity contribution is -0.114. The summed E-state index contributed by atoms with van der Waals surface area (Å²) in [5.41, 5.74) is 2.56. The van der Waals surface area contributed by atoms with Crippen molar-refractivity contribution >= 4 is 29.1 Å². The third-order valence-corrected chi connectivity index (χ3v) is 5.32. The number of rotatable bonds is 5. The van der Waals surface area contributed by atoms with Crippen LogP contribution in [0.15, 0.2) is 41.4 Å². The fourth-order valence-corrected chi connectivity index (χ4v) is 3.62. The second kappa shape index (κ2) is 10.4. The highest BCUT2D eigenvalue weighted by molar-refractivity contribution is 6.10. The monoisotopic (exact) mass is 452 g/mol. The number of carbonyl (C=O) groups is 2. The van der Waals surface area contributed by atoms with E-state index < -0.39 is 0 Å². The van der Waals surface area contributed by atoms with Gasteiger partial charge in [0, 0.05) is 36.5 Å². The highest BCUT2D eigenvalue weighted by Crippen LogP contribution is 2.32. The SMILES string of the molecule is CC(=O)Nc1cc(C(=O)NC(=NC[C@H]2CCCO2)Nc2ccc3c(c2)OCCO3)ccc1C. The van der Waals surface area contributed by atoms with Gasteiger partial charge in [-0.2, -0.15) is 0 Å². The summed E-state index contributed by atoms with van der Waals surface area (Å²) in [7, 11) is 0. The Morgan fingerprint density at radius 3 is 2.61 bits per heavy atom. The topological polar surface area (TPSA) is 110 Å². The van der Waals surface area contributed by atoms with E-state index in [2.05, 4.69) is 20.9 Å². The van der Waals surface area contributed by atoms with Crippen LogP contribution in [0.2, 0.25) is 0 Å². The quantitative estimate of drug-likeness (QED) is 0.475. The first kappa shape index (κ1) is 22.6. The Hall–Kier alpha value is -3.59. The fourth-order valence-electron chi connectivity index (χ4n) is 3.62. The number of ether oxygens (including phenoxy) is 3. The van der Waals surface area contributed by atoms with Crippen LogP contribution in [-0.2, 0) is 9.53 Å². The zero-order valence-electron chi connectivity index (χ0n) is 18.8. The molecule has 1 atom stereocenters. The molecule has 0 radical (unpaired) electrons. The molecule has 9 nitrogen and oxygen atoms in total. The number of anilines is 2. The standard InChI is InChI=1S/C24H28N4O5/c1-15-5-6-17(12-20(15)26-16(2)29)23(30)28-24(25-14-19-4-3-9-31-19)27-18-7-8-21-22(13-18)33-11-10-32-21/h5-8,12-13,19H,3-4,9-11,14H2,1-2H3,(H,26,29)(H2,25,27,28,30)/t19-/m1/s1. The number of amides is 2. The summed E-state index contributed by atoms with van der Waals surface area (Å²) in [6.45, 7) is 5.45. The molecule has 33 heavy (non-hydrogen) atoms. The van der Waals surface area contributed by atoms with E-state index in [1.165, 1.54) is 6.92 Å². The summed E-state index contributed by atoms with van der Waals surface area (Å²) in [5, 5.41) is 8.76. The molecule has 2 aromatic carbocycles. The minimum Gasteiger partial charge on any atom is -0.486 e. The van der Waals surface area contributed by atoms with E-state index in [1.807, 2.05) is 25.1 Å². The molecule has 0 spiro atoms. The minimum absolute atomic E-state index is 0.0321. The third-order valence-electron chi connectivity index (χ3n) is 5.32. The fraction of sp³-hybridized carbons (Fsp3) is 0.375. The van der Waals surface area contributed by atoms with E-state index in [4.69, 9.17) is 14.2 Å². The Kier molecular flexibility index (Phi) is 7.09. The van der Waals surface area contributed by atoms with E-state index in [0.717, 1.165) is 25.0 Å². The highest BCUT2D eigenvalue weighted by Gasteiger charge is 2.18. The van der Waals surface area contributed by atoms with Gasteiger partial charge >= 0.3 is 0 Å². The van der Waals surface area contributed by atoms with Crippen molar-refractivity contribution in [3.63, 3.8) is 0 Å². The number of nitrogens with zero attached hydrogens (tertiary/aromatic N) is 1. The van der Waals surface area contributed by atoms with Gasteiger partial charge in [-0.15, -0.1) is 0 Å². The van der Waals surface area contributed by atoms with E-state index in [-0.39, 0.29) is 17.9 Å². The van der Waals surface area contributed by atoms with Gasteiger partial charge in [-0.1, -0.05) is 6.07 Å². The maximum Gasteiger partial charge on any atom is 0.258 e. The van der Waals surface area contributed by atoms with Crippen molar-refractivity contribution in [1.29, 1.82) is 0 Å². The summed E-state index contributed by atoms with van der Waals surface area (Å²) in [6.07, 6.45) is 1.98. The summed E-state index contributed by atoms with van der Waals surface area (Å²) in [6, 6.07) is 10.6. The molecule has 4 rings (SSSR count). The van der Waals surface area contributed by atoms with E-state index in [9.17, 15) is 9.59 Å². The van der Waals surface area contributed by atoms with Gasteiger partial charge in [0.1, 0.15) is 13.2 Å². The van der Waals surface area contributed by atoms with Gasteiger partial charge in [0.2, 0.25) is 11.9 Å². The van der Waals surface area contributed by atoms with Crippen LogP contribution in [-0.4, -0.2) is 50.2 Å². The van der Waals surface area contributed by atoms with Crippen molar-refractivity contribution in [1.82, 2.24) is 5.32 Å². The van der Waals surface area contributed by atoms with Crippen LogP contribution in [0.1, 0.15) is 35.7 Å². The van der Waals surface area contributed by atoms with Gasteiger partial charge in [-0.05, 0) is 49.6 Å². The summed E-state index contributed by atoms with van der Waals surface area (Å²) in [5.74, 6) is 1.06. The molecule has 174 valence electrons. The van der Waals surface area contributed by atoms with Crippen LogP contribution in [0.3, 0.4) is 0 Å². The molecule has 0 aromatic heterocycles. The molecule has 0 aliphatic carbocycles. The zero-order valence-corrected chi connectivity index (χ0v) is 18.8. The van der Waals surface area contributed by atoms with Crippen molar-refractivity contribution in [3.8, 4) is 11.5 Å². The lowest BCUT2D eigenvalue weighted by Crippen LogP contribution is -2.37. The van der Waals surface area contributed by atoms with Gasteiger partial charge in [-0.3, -0.25) is 14.9 Å². The average molecular weight is 453 g/mol. The van der Waals surface area contributed by atoms with Gasteiger partial charge in [0.05, 0.1) is 12.6 Å².